The fourth-order valence-electron chi connectivity index (χ4n) is 1.79. The smallest absolute Gasteiger partial charge is 0.272 e. The van der Waals surface area contributed by atoms with Gasteiger partial charge < -0.3 is 10.2 Å². The van der Waals surface area contributed by atoms with Crippen LogP contribution in [0.5, 0.6) is 0 Å². The normalized spacial score (nSPS) is 18.6. The van der Waals surface area contributed by atoms with Crippen LogP contribution in [-0.2, 0) is 0 Å². The lowest BCUT2D eigenvalue weighted by atomic mass is 10.2. The molecule has 0 bridgehead atoms. The van der Waals surface area contributed by atoms with E-state index in [0.29, 0.717) is 5.69 Å². The van der Waals surface area contributed by atoms with Gasteiger partial charge in [0.2, 0.25) is 0 Å². The minimum Gasteiger partial charge on any atom is -0.332 e. The molecule has 1 aliphatic heterocycles. The number of hydrogen-bond acceptors (Lipinski definition) is 3. The van der Waals surface area contributed by atoms with Crippen LogP contribution >= 0.6 is 40.7 Å². The molecule has 0 radical (unpaired) electrons. The Morgan fingerprint density at radius 3 is 2.78 bits per heavy atom. The molecule has 1 saturated heterocycles. The highest BCUT2D eigenvalue weighted by atomic mass is 79.9. The summed E-state index contributed by atoms with van der Waals surface area (Å²) < 4.78 is 0.886. The first-order valence-corrected chi connectivity index (χ1v) is 6.11. The van der Waals surface area contributed by atoms with Gasteiger partial charge in [0.25, 0.3) is 5.91 Å². The van der Waals surface area contributed by atoms with Crippen LogP contribution in [0, 0.1) is 0 Å². The highest BCUT2D eigenvalue weighted by Crippen LogP contribution is 2.11. The molecule has 0 saturated carbocycles. The van der Waals surface area contributed by atoms with Crippen LogP contribution in [0.25, 0.3) is 0 Å². The number of nitrogens with zero attached hydrogens (tertiary/aromatic N) is 2. The van der Waals surface area contributed by atoms with E-state index in [4.69, 9.17) is 0 Å². The van der Waals surface area contributed by atoms with E-state index in [2.05, 4.69) is 26.2 Å². The third-order valence-corrected chi connectivity index (χ3v) is 3.18. The number of piperazine rings is 1. The third kappa shape index (κ3) is 4.09. The van der Waals surface area contributed by atoms with Crippen molar-refractivity contribution in [2.45, 2.75) is 13.0 Å². The van der Waals surface area contributed by atoms with Gasteiger partial charge in [0.15, 0.2) is 0 Å². The molecule has 0 aromatic carbocycles. The van der Waals surface area contributed by atoms with Crippen LogP contribution in [0.2, 0.25) is 0 Å². The van der Waals surface area contributed by atoms with Crippen molar-refractivity contribution in [2.24, 2.45) is 0 Å². The summed E-state index contributed by atoms with van der Waals surface area (Å²) >= 11 is 3.31. The molecule has 0 spiro atoms. The fraction of sp³-hybridized carbons (Fsp3) is 0.455. The predicted molar refractivity (Wildman–Crippen MR) is 79.8 cm³/mol. The van der Waals surface area contributed by atoms with Crippen molar-refractivity contribution in [1.82, 2.24) is 15.2 Å². The van der Waals surface area contributed by atoms with Crippen LogP contribution in [0.4, 0.5) is 0 Å². The maximum atomic E-state index is 12.1. The van der Waals surface area contributed by atoms with Gasteiger partial charge in [-0.15, -0.1) is 24.8 Å². The zero-order valence-corrected chi connectivity index (χ0v) is 13.1. The first-order chi connectivity index (χ1) is 7.68. The molecular weight excluding hydrogens is 341 g/mol. The Labute approximate surface area is 127 Å². The zero-order valence-electron chi connectivity index (χ0n) is 9.93. The molecule has 1 aromatic heterocycles. The second-order valence-electron chi connectivity index (χ2n) is 3.91. The van der Waals surface area contributed by atoms with Gasteiger partial charge in [0.1, 0.15) is 5.69 Å². The lowest BCUT2D eigenvalue weighted by Gasteiger charge is -2.33. The van der Waals surface area contributed by atoms with Crippen molar-refractivity contribution in [3.8, 4) is 0 Å². The fourth-order valence-corrected chi connectivity index (χ4v) is 2.03. The maximum absolute atomic E-state index is 12.1. The molecule has 1 aromatic rings. The molecular formula is C11H16BrCl2N3O. The van der Waals surface area contributed by atoms with Crippen molar-refractivity contribution < 1.29 is 4.79 Å². The molecule has 2 heterocycles. The predicted octanol–water partition coefficient (Wildman–Crippen LogP) is 2.12. The summed E-state index contributed by atoms with van der Waals surface area (Å²) in [6, 6.07) is 3.82. The summed E-state index contributed by atoms with van der Waals surface area (Å²) in [5.74, 6) is 0.0153. The minimum absolute atomic E-state index is 0. The Morgan fingerprint density at radius 2 is 2.22 bits per heavy atom. The average molecular weight is 357 g/mol. The average Bonchev–Trinajstić information content (AvgIpc) is 2.30. The Hall–Kier alpha value is -0.360. The largest absolute Gasteiger partial charge is 0.332 e. The topological polar surface area (TPSA) is 45.2 Å². The lowest BCUT2D eigenvalue weighted by molar-refractivity contribution is 0.0649. The second kappa shape index (κ2) is 7.94. The molecule has 4 nitrogen and oxygen atoms in total. The van der Waals surface area contributed by atoms with Gasteiger partial charge in [-0.25, -0.2) is 4.98 Å². The molecule has 1 amide bonds. The summed E-state index contributed by atoms with van der Waals surface area (Å²) in [6.45, 7) is 4.50. The molecule has 0 unspecified atom stereocenters. The van der Waals surface area contributed by atoms with Crippen LogP contribution in [0.1, 0.15) is 17.4 Å². The summed E-state index contributed by atoms with van der Waals surface area (Å²) in [5, 5.41) is 3.26. The van der Waals surface area contributed by atoms with E-state index in [0.717, 1.165) is 24.1 Å². The van der Waals surface area contributed by atoms with Crippen LogP contribution in [0.3, 0.4) is 0 Å². The van der Waals surface area contributed by atoms with Crippen LogP contribution < -0.4 is 5.32 Å². The summed E-state index contributed by atoms with van der Waals surface area (Å²) in [4.78, 5) is 18.1. The Balaban J connectivity index is 0.00000144. The van der Waals surface area contributed by atoms with Crippen LogP contribution in [0.15, 0.2) is 22.8 Å². The Kier molecular flexibility index (Phi) is 7.78. The zero-order chi connectivity index (χ0) is 11.5. The van der Waals surface area contributed by atoms with Gasteiger partial charge in [0.05, 0.1) is 0 Å². The van der Waals surface area contributed by atoms with Gasteiger partial charge in [-0.1, -0.05) is 0 Å². The van der Waals surface area contributed by atoms with Gasteiger partial charge >= 0.3 is 0 Å². The third-order valence-electron chi connectivity index (χ3n) is 2.71. The number of pyridine rings is 1. The van der Waals surface area contributed by atoms with Crippen molar-refractivity contribution >= 4 is 46.7 Å². The summed E-state index contributed by atoms with van der Waals surface area (Å²) in [7, 11) is 0. The number of carbonyl (C=O) groups is 1. The lowest BCUT2D eigenvalue weighted by Crippen LogP contribution is -2.52. The molecule has 1 N–H and O–H groups in total. The summed E-state index contributed by atoms with van der Waals surface area (Å²) in [5.41, 5.74) is 0.511. The molecule has 0 aliphatic carbocycles. The number of carbonyl (C=O) groups excluding carboxylic acids is 1. The molecule has 1 aliphatic rings. The number of halogens is 3. The second-order valence-corrected chi connectivity index (χ2v) is 4.83. The van der Waals surface area contributed by atoms with Crippen molar-refractivity contribution in [3.05, 3.63) is 28.5 Å². The van der Waals surface area contributed by atoms with E-state index in [9.17, 15) is 4.79 Å². The van der Waals surface area contributed by atoms with Gasteiger partial charge in [0, 0.05) is 36.3 Å². The van der Waals surface area contributed by atoms with Crippen molar-refractivity contribution in [1.29, 1.82) is 0 Å². The molecule has 18 heavy (non-hydrogen) atoms. The Morgan fingerprint density at radius 1 is 1.50 bits per heavy atom. The SMILES string of the molecule is C[C@H]1CNCCN1C(=O)c1ccc(Br)cn1.Cl.Cl. The number of nitrogens with one attached hydrogen (secondary N) is 1. The first-order valence-electron chi connectivity index (χ1n) is 5.32. The van der Waals surface area contributed by atoms with Crippen molar-refractivity contribution in [3.63, 3.8) is 0 Å². The van der Waals surface area contributed by atoms with Crippen LogP contribution in [-0.4, -0.2) is 41.5 Å². The maximum Gasteiger partial charge on any atom is 0.272 e. The van der Waals surface area contributed by atoms with Gasteiger partial charge in [-0.2, -0.15) is 0 Å². The molecule has 102 valence electrons. The quantitative estimate of drug-likeness (QED) is 0.838. The molecule has 7 heteroatoms. The highest BCUT2D eigenvalue weighted by Gasteiger charge is 2.24. The highest BCUT2D eigenvalue weighted by molar-refractivity contribution is 9.10. The van der Waals surface area contributed by atoms with E-state index in [1.807, 2.05) is 17.9 Å². The van der Waals surface area contributed by atoms with E-state index >= 15 is 0 Å². The first kappa shape index (κ1) is 17.6. The van der Waals surface area contributed by atoms with E-state index in [1.54, 1.807) is 12.3 Å². The van der Waals surface area contributed by atoms with E-state index in [1.165, 1.54) is 0 Å². The minimum atomic E-state index is 0. The molecule has 1 fully saturated rings. The standard InChI is InChI=1S/C11H14BrN3O.2ClH/c1-8-6-13-4-5-15(8)11(16)10-3-2-9(12)7-14-10;;/h2-3,7-8,13H,4-6H2,1H3;2*1H/t8-;;/m0../s1. The monoisotopic (exact) mass is 355 g/mol. The van der Waals surface area contributed by atoms with E-state index in [-0.39, 0.29) is 36.8 Å². The number of amides is 1. The van der Waals surface area contributed by atoms with Gasteiger partial charge in [-0.05, 0) is 35.0 Å². The molecule has 2 rings (SSSR count). The van der Waals surface area contributed by atoms with Crippen molar-refractivity contribution in [2.75, 3.05) is 19.6 Å². The number of hydrogen-bond donors (Lipinski definition) is 1. The van der Waals surface area contributed by atoms with E-state index < -0.39 is 0 Å². The number of aromatic nitrogens is 1. The summed E-state index contributed by atoms with van der Waals surface area (Å²) in [6.07, 6.45) is 1.65. The molecule has 1 atom stereocenters. The van der Waals surface area contributed by atoms with Gasteiger partial charge in [-0.3, -0.25) is 4.79 Å². The number of rotatable bonds is 1. The Bertz CT molecular complexity index is 388.